The summed E-state index contributed by atoms with van der Waals surface area (Å²) in [6, 6.07) is 5.32. The number of ether oxygens (including phenoxy) is 1. The quantitative estimate of drug-likeness (QED) is 0.488. The summed E-state index contributed by atoms with van der Waals surface area (Å²) in [5.74, 6) is -2.16. The predicted molar refractivity (Wildman–Crippen MR) is 74.5 cm³/mol. The molecule has 1 aromatic rings. The molecule has 0 atom stereocenters. The number of nitriles is 1. The van der Waals surface area contributed by atoms with Gasteiger partial charge in [0.2, 0.25) is 0 Å². The Morgan fingerprint density at radius 2 is 2.10 bits per heavy atom. The van der Waals surface area contributed by atoms with E-state index in [9.17, 15) is 14.7 Å². The Morgan fingerprint density at radius 1 is 1.43 bits per heavy atom. The van der Waals surface area contributed by atoms with Gasteiger partial charge < -0.3 is 14.9 Å². The van der Waals surface area contributed by atoms with E-state index in [1.807, 2.05) is 13.8 Å². The molecule has 0 unspecified atom stereocenters. The van der Waals surface area contributed by atoms with Gasteiger partial charge >= 0.3 is 11.9 Å². The van der Waals surface area contributed by atoms with Crippen LogP contribution in [0.4, 0.5) is 0 Å². The third-order valence-electron chi connectivity index (χ3n) is 2.47. The van der Waals surface area contributed by atoms with E-state index in [0.717, 1.165) is 12.1 Å². The summed E-state index contributed by atoms with van der Waals surface area (Å²) in [4.78, 5) is 22.4. The molecule has 0 fully saturated rings. The summed E-state index contributed by atoms with van der Waals surface area (Å²) < 4.78 is 4.93. The van der Waals surface area contributed by atoms with Crippen molar-refractivity contribution in [2.75, 3.05) is 6.61 Å². The molecule has 0 saturated heterocycles. The second-order valence-corrected chi connectivity index (χ2v) is 4.74. The number of aromatic hydroxyl groups is 1. The second kappa shape index (κ2) is 7.10. The molecule has 0 aliphatic heterocycles. The molecule has 1 rings (SSSR count). The summed E-state index contributed by atoms with van der Waals surface area (Å²) in [5.41, 5.74) is -0.197. The lowest BCUT2D eigenvalue weighted by molar-refractivity contribution is -0.139. The molecular formula is C15H15NO5. The molecule has 6 nitrogen and oxygen atoms in total. The number of nitrogens with zero attached hydrogens (tertiary/aromatic N) is 1. The highest BCUT2D eigenvalue weighted by Crippen LogP contribution is 2.22. The number of esters is 1. The average molecular weight is 289 g/mol. The molecule has 21 heavy (non-hydrogen) atoms. The first-order valence-electron chi connectivity index (χ1n) is 6.20. The van der Waals surface area contributed by atoms with E-state index in [0.29, 0.717) is 0 Å². The van der Waals surface area contributed by atoms with E-state index in [2.05, 4.69) is 0 Å². The van der Waals surface area contributed by atoms with Crippen molar-refractivity contribution < 1.29 is 24.5 Å². The van der Waals surface area contributed by atoms with E-state index in [4.69, 9.17) is 15.1 Å². The number of carbonyl (C=O) groups is 2. The third-order valence-corrected chi connectivity index (χ3v) is 2.47. The van der Waals surface area contributed by atoms with Gasteiger partial charge in [0.05, 0.1) is 12.2 Å². The Bertz CT molecular complexity index is 625. The minimum atomic E-state index is -1.18. The van der Waals surface area contributed by atoms with Crippen LogP contribution in [-0.2, 0) is 9.53 Å². The SMILES string of the molecule is CC(C)COC(=O)/C(C#N)=C/c1ccc(C(=O)O)cc1O. The zero-order valence-corrected chi connectivity index (χ0v) is 11.7. The monoisotopic (exact) mass is 289 g/mol. The molecule has 0 amide bonds. The van der Waals surface area contributed by atoms with Crippen LogP contribution in [0.25, 0.3) is 6.08 Å². The maximum atomic E-state index is 11.7. The first-order chi connectivity index (χ1) is 9.85. The van der Waals surface area contributed by atoms with Crippen molar-refractivity contribution in [3.8, 4) is 11.8 Å². The van der Waals surface area contributed by atoms with Crippen molar-refractivity contribution in [1.29, 1.82) is 5.26 Å². The first-order valence-corrected chi connectivity index (χ1v) is 6.20. The van der Waals surface area contributed by atoms with Gasteiger partial charge in [-0.25, -0.2) is 9.59 Å². The largest absolute Gasteiger partial charge is 0.507 e. The molecule has 2 N–H and O–H groups in total. The molecule has 6 heteroatoms. The third kappa shape index (κ3) is 4.66. The van der Waals surface area contributed by atoms with E-state index in [-0.39, 0.29) is 35.0 Å². The summed E-state index contributed by atoms with van der Waals surface area (Å²) in [7, 11) is 0. The van der Waals surface area contributed by atoms with E-state index in [1.54, 1.807) is 6.07 Å². The molecule has 0 spiro atoms. The molecule has 0 aliphatic carbocycles. The van der Waals surface area contributed by atoms with Gasteiger partial charge in [-0.05, 0) is 24.1 Å². The van der Waals surface area contributed by atoms with Gasteiger partial charge in [0.1, 0.15) is 17.4 Å². The van der Waals surface area contributed by atoms with E-state index >= 15 is 0 Å². The van der Waals surface area contributed by atoms with Crippen molar-refractivity contribution in [1.82, 2.24) is 0 Å². The lowest BCUT2D eigenvalue weighted by Crippen LogP contribution is -2.11. The zero-order valence-electron chi connectivity index (χ0n) is 11.7. The van der Waals surface area contributed by atoms with E-state index in [1.165, 1.54) is 12.1 Å². The molecule has 110 valence electrons. The smallest absolute Gasteiger partial charge is 0.348 e. The Balaban J connectivity index is 3.01. The first kappa shape index (κ1) is 16.2. The van der Waals surface area contributed by atoms with Crippen molar-refractivity contribution in [2.24, 2.45) is 5.92 Å². The Labute approximate surface area is 121 Å². The van der Waals surface area contributed by atoms with Crippen LogP contribution in [0.3, 0.4) is 0 Å². The summed E-state index contributed by atoms with van der Waals surface area (Å²) in [6.45, 7) is 3.90. The Hall–Kier alpha value is -2.81. The minimum absolute atomic E-state index is 0.0921. The maximum Gasteiger partial charge on any atom is 0.348 e. The zero-order chi connectivity index (χ0) is 16.0. The Morgan fingerprint density at radius 3 is 2.57 bits per heavy atom. The Kier molecular flexibility index (Phi) is 5.49. The van der Waals surface area contributed by atoms with Crippen LogP contribution in [0, 0.1) is 17.2 Å². The number of carboxylic acids is 1. The van der Waals surface area contributed by atoms with Crippen molar-refractivity contribution in [3.05, 3.63) is 34.9 Å². The maximum absolute atomic E-state index is 11.7. The van der Waals surface area contributed by atoms with Crippen LogP contribution in [0.2, 0.25) is 0 Å². The number of benzene rings is 1. The fraction of sp³-hybridized carbons (Fsp3) is 0.267. The van der Waals surface area contributed by atoms with Crippen LogP contribution in [0.1, 0.15) is 29.8 Å². The average Bonchev–Trinajstić information content (AvgIpc) is 2.43. The number of phenolic OH excluding ortho intramolecular Hbond substituents is 1. The molecular weight excluding hydrogens is 274 g/mol. The molecule has 0 radical (unpaired) electrons. The van der Waals surface area contributed by atoms with Crippen LogP contribution in [0.15, 0.2) is 23.8 Å². The van der Waals surface area contributed by atoms with Crippen LogP contribution < -0.4 is 0 Å². The fourth-order valence-corrected chi connectivity index (χ4v) is 1.41. The highest BCUT2D eigenvalue weighted by molar-refractivity contribution is 5.98. The number of aromatic carboxylic acids is 1. The number of carboxylic acid groups (broad SMARTS) is 1. The molecule has 0 bridgehead atoms. The van der Waals surface area contributed by atoms with Crippen LogP contribution >= 0.6 is 0 Å². The lowest BCUT2D eigenvalue weighted by atomic mass is 10.1. The summed E-state index contributed by atoms with van der Waals surface area (Å²) >= 11 is 0. The highest BCUT2D eigenvalue weighted by atomic mass is 16.5. The number of carbonyl (C=O) groups excluding carboxylic acids is 1. The summed E-state index contributed by atoms with van der Waals surface area (Å²) in [5, 5.41) is 27.5. The van der Waals surface area contributed by atoms with Gasteiger partial charge in [0.15, 0.2) is 0 Å². The predicted octanol–water partition coefficient (Wildman–Crippen LogP) is 2.20. The molecule has 0 aromatic heterocycles. The molecule has 0 saturated carbocycles. The lowest BCUT2D eigenvalue weighted by Gasteiger charge is -2.06. The number of rotatable bonds is 5. The normalized spacial score (nSPS) is 11.0. The fourth-order valence-electron chi connectivity index (χ4n) is 1.41. The van der Waals surface area contributed by atoms with Gasteiger partial charge in [0, 0.05) is 5.56 Å². The van der Waals surface area contributed by atoms with Crippen molar-refractivity contribution in [2.45, 2.75) is 13.8 Å². The van der Waals surface area contributed by atoms with E-state index < -0.39 is 11.9 Å². The van der Waals surface area contributed by atoms with Gasteiger partial charge in [0.25, 0.3) is 0 Å². The number of phenols is 1. The van der Waals surface area contributed by atoms with Crippen LogP contribution in [-0.4, -0.2) is 28.8 Å². The highest BCUT2D eigenvalue weighted by Gasteiger charge is 2.13. The standard InChI is InChI=1S/C15H15NO5/c1-9(2)8-21-15(20)12(7-16)5-10-3-4-11(14(18)19)6-13(10)17/h3-6,9,17H,8H2,1-2H3,(H,18,19)/b12-5+. The number of hydrogen-bond donors (Lipinski definition) is 2. The molecule has 1 aromatic carbocycles. The molecule has 0 heterocycles. The summed E-state index contributed by atoms with van der Waals surface area (Å²) in [6.07, 6.45) is 1.16. The molecule has 0 aliphatic rings. The van der Waals surface area contributed by atoms with Gasteiger partial charge in [-0.15, -0.1) is 0 Å². The minimum Gasteiger partial charge on any atom is -0.507 e. The van der Waals surface area contributed by atoms with Gasteiger partial charge in [-0.1, -0.05) is 19.9 Å². The topological polar surface area (TPSA) is 108 Å². The van der Waals surface area contributed by atoms with Crippen LogP contribution in [0.5, 0.6) is 5.75 Å². The van der Waals surface area contributed by atoms with Gasteiger partial charge in [-0.2, -0.15) is 5.26 Å². The van der Waals surface area contributed by atoms with Crippen molar-refractivity contribution >= 4 is 18.0 Å². The van der Waals surface area contributed by atoms with Gasteiger partial charge in [-0.3, -0.25) is 0 Å². The number of hydrogen-bond acceptors (Lipinski definition) is 5. The second-order valence-electron chi connectivity index (χ2n) is 4.74. The van der Waals surface area contributed by atoms with Crippen molar-refractivity contribution in [3.63, 3.8) is 0 Å².